The molecule has 62 valence electrons. The first-order valence-corrected chi connectivity index (χ1v) is 3.69. The molecule has 0 saturated heterocycles. The Morgan fingerprint density at radius 2 is 2.09 bits per heavy atom. The second kappa shape index (κ2) is 5.71. The molecule has 0 saturated carbocycles. The van der Waals surface area contributed by atoms with Crippen LogP contribution in [0.1, 0.15) is 20.3 Å². The number of carbonyl (C=O) groups is 1. The molecule has 0 spiro atoms. The Balaban J connectivity index is 4.00. The average Bonchev–Trinajstić information content (AvgIpc) is 1.97. The Morgan fingerprint density at radius 3 is 2.45 bits per heavy atom. The van der Waals surface area contributed by atoms with Gasteiger partial charge in [0, 0.05) is 0 Å². The number of aliphatic carboxylic acids is 1. The lowest BCUT2D eigenvalue weighted by molar-refractivity contribution is -0.139. The predicted octanol–water partition coefficient (Wildman–Crippen LogP) is 2.23. The Morgan fingerprint density at radius 1 is 1.45 bits per heavy atom. The van der Waals surface area contributed by atoms with Crippen LogP contribution in [0.15, 0.2) is 24.3 Å². The third kappa shape index (κ3) is 4.37. The molecule has 0 aliphatic rings. The second-order valence-corrected chi connectivity index (χ2v) is 2.28. The molecule has 11 heavy (non-hydrogen) atoms. The first-order chi connectivity index (χ1) is 5.22. The highest BCUT2D eigenvalue weighted by Gasteiger charge is 2.10. The van der Waals surface area contributed by atoms with Crippen molar-refractivity contribution in [3.63, 3.8) is 0 Å². The summed E-state index contributed by atoms with van der Waals surface area (Å²) in [5.74, 6) is -1.13. The number of hydrogen-bond acceptors (Lipinski definition) is 1. The molecule has 0 radical (unpaired) electrons. The summed E-state index contributed by atoms with van der Waals surface area (Å²) in [6.07, 6.45) is 7.76. The first-order valence-electron chi connectivity index (χ1n) is 3.69. The predicted molar refractivity (Wildman–Crippen MR) is 45.4 cm³/mol. The quantitative estimate of drug-likeness (QED) is 0.630. The maximum Gasteiger partial charge on any atom is 0.310 e. The van der Waals surface area contributed by atoms with Crippen molar-refractivity contribution in [3.8, 4) is 0 Å². The molecule has 2 nitrogen and oxygen atoms in total. The van der Waals surface area contributed by atoms with Gasteiger partial charge in [-0.2, -0.15) is 0 Å². The minimum atomic E-state index is -0.763. The van der Waals surface area contributed by atoms with Gasteiger partial charge in [0.2, 0.25) is 0 Å². The molecule has 0 amide bonds. The van der Waals surface area contributed by atoms with Crippen molar-refractivity contribution in [2.75, 3.05) is 0 Å². The van der Waals surface area contributed by atoms with Crippen LogP contribution in [-0.2, 0) is 4.79 Å². The number of allylic oxidation sites excluding steroid dienone is 3. The topological polar surface area (TPSA) is 37.3 Å². The van der Waals surface area contributed by atoms with Crippen LogP contribution in [0.25, 0.3) is 0 Å². The second-order valence-electron chi connectivity index (χ2n) is 2.28. The van der Waals surface area contributed by atoms with Gasteiger partial charge in [-0.3, -0.25) is 4.79 Å². The van der Waals surface area contributed by atoms with E-state index in [2.05, 4.69) is 0 Å². The van der Waals surface area contributed by atoms with Crippen molar-refractivity contribution >= 4 is 5.97 Å². The first kappa shape index (κ1) is 9.95. The fourth-order valence-corrected chi connectivity index (χ4v) is 0.777. The molecule has 1 unspecified atom stereocenters. The van der Waals surface area contributed by atoms with Gasteiger partial charge in [0.1, 0.15) is 0 Å². The normalized spacial score (nSPS) is 14.4. The number of carboxylic acid groups (broad SMARTS) is 1. The van der Waals surface area contributed by atoms with Crippen molar-refractivity contribution in [1.29, 1.82) is 0 Å². The van der Waals surface area contributed by atoms with E-state index in [-0.39, 0.29) is 5.92 Å². The molecular weight excluding hydrogens is 140 g/mol. The Bertz CT molecular complexity index is 168. The van der Waals surface area contributed by atoms with Gasteiger partial charge >= 0.3 is 5.97 Å². The van der Waals surface area contributed by atoms with Gasteiger partial charge in [0.15, 0.2) is 0 Å². The van der Waals surface area contributed by atoms with E-state index in [1.807, 2.05) is 26.0 Å². The van der Waals surface area contributed by atoms with Crippen LogP contribution in [0, 0.1) is 5.92 Å². The Kier molecular flexibility index (Phi) is 5.17. The standard InChI is InChI=1S/C9H14O2/c1-3-5-7-8(6-4-2)9(10)11/h3-6,8H,7H2,1-2H3,(H,10,11)/b5-3+,6-4-. The van der Waals surface area contributed by atoms with Crippen LogP contribution < -0.4 is 0 Å². The van der Waals surface area contributed by atoms with Gasteiger partial charge in [-0.1, -0.05) is 24.3 Å². The molecule has 0 aromatic heterocycles. The van der Waals surface area contributed by atoms with Gasteiger partial charge in [0.25, 0.3) is 0 Å². The molecule has 0 aromatic carbocycles. The van der Waals surface area contributed by atoms with Crippen molar-refractivity contribution in [2.45, 2.75) is 20.3 Å². The fraction of sp³-hybridized carbons (Fsp3) is 0.444. The van der Waals surface area contributed by atoms with Gasteiger partial charge in [-0.05, 0) is 20.3 Å². The van der Waals surface area contributed by atoms with Gasteiger partial charge in [-0.15, -0.1) is 0 Å². The molecule has 0 heterocycles. The molecular formula is C9H14O2. The van der Waals surface area contributed by atoms with Crippen LogP contribution in [0.5, 0.6) is 0 Å². The number of hydrogen-bond donors (Lipinski definition) is 1. The zero-order chi connectivity index (χ0) is 8.69. The lowest BCUT2D eigenvalue weighted by Gasteiger charge is -2.01. The lowest BCUT2D eigenvalue weighted by atomic mass is 10.1. The maximum atomic E-state index is 10.5. The molecule has 0 bridgehead atoms. The van der Waals surface area contributed by atoms with Crippen molar-refractivity contribution in [2.24, 2.45) is 5.92 Å². The minimum absolute atomic E-state index is 0.365. The summed E-state index contributed by atoms with van der Waals surface area (Å²) < 4.78 is 0. The van der Waals surface area contributed by atoms with Gasteiger partial charge in [-0.25, -0.2) is 0 Å². The van der Waals surface area contributed by atoms with Crippen LogP contribution in [0.4, 0.5) is 0 Å². The third-order valence-electron chi connectivity index (χ3n) is 1.37. The van der Waals surface area contributed by atoms with E-state index < -0.39 is 5.97 Å². The minimum Gasteiger partial charge on any atom is -0.481 e. The van der Waals surface area contributed by atoms with Crippen LogP contribution >= 0.6 is 0 Å². The van der Waals surface area contributed by atoms with Gasteiger partial charge < -0.3 is 5.11 Å². The van der Waals surface area contributed by atoms with E-state index in [0.29, 0.717) is 6.42 Å². The molecule has 1 N–H and O–H groups in total. The van der Waals surface area contributed by atoms with Crippen LogP contribution in [0.2, 0.25) is 0 Å². The highest BCUT2D eigenvalue weighted by Crippen LogP contribution is 2.05. The van der Waals surface area contributed by atoms with Crippen molar-refractivity contribution in [1.82, 2.24) is 0 Å². The molecule has 2 heteroatoms. The van der Waals surface area contributed by atoms with Crippen LogP contribution in [0.3, 0.4) is 0 Å². The summed E-state index contributed by atoms with van der Waals surface area (Å²) in [5.41, 5.74) is 0. The summed E-state index contributed by atoms with van der Waals surface area (Å²) >= 11 is 0. The number of carboxylic acids is 1. The molecule has 0 fully saturated rings. The zero-order valence-corrected chi connectivity index (χ0v) is 6.95. The monoisotopic (exact) mass is 154 g/mol. The molecule has 0 aromatic rings. The smallest absolute Gasteiger partial charge is 0.310 e. The highest BCUT2D eigenvalue weighted by molar-refractivity contribution is 5.72. The molecule has 0 aliphatic carbocycles. The zero-order valence-electron chi connectivity index (χ0n) is 6.95. The average molecular weight is 154 g/mol. The van der Waals surface area contributed by atoms with E-state index in [1.54, 1.807) is 12.2 Å². The summed E-state index contributed by atoms with van der Waals surface area (Å²) in [6, 6.07) is 0. The molecule has 1 atom stereocenters. The highest BCUT2D eigenvalue weighted by atomic mass is 16.4. The Labute approximate surface area is 67.2 Å². The van der Waals surface area contributed by atoms with Crippen LogP contribution in [-0.4, -0.2) is 11.1 Å². The largest absolute Gasteiger partial charge is 0.481 e. The summed E-state index contributed by atoms with van der Waals surface area (Å²) in [4.78, 5) is 10.5. The van der Waals surface area contributed by atoms with E-state index in [4.69, 9.17) is 5.11 Å². The summed E-state index contributed by atoms with van der Waals surface area (Å²) in [6.45, 7) is 3.71. The van der Waals surface area contributed by atoms with Crippen molar-refractivity contribution in [3.05, 3.63) is 24.3 Å². The fourth-order valence-electron chi connectivity index (χ4n) is 0.777. The summed E-state index contributed by atoms with van der Waals surface area (Å²) in [5, 5.41) is 8.65. The SMILES string of the molecule is C/C=C\C(C/C=C/C)C(=O)O. The molecule has 0 rings (SSSR count). The van der Waals surface area contributed by atoms with E-state index >= 15 is 0 Å². The van der Waals surface area contributed by atoms with Crippen molar-refractivity contribution < 1.29 is 9.90 Å². The van der Waals surface area contributed by atoms with E-state index in [9.17, 15) is 4.79 Å². The van der Waals surface area contributed by atoms with E-state index in [1.165, 1.54) is 0 Å². The van der Waals surface area contributed by atoms with E-state index in [0.717, 1.165) is 0 Å². The summed E-state index contributed by atoms with van der Waals surface area (Å²) in [7, 11) is 0. The van der Waals surface area contributed by atoms with Gasteiger partial charge in [0.05, 0.1) is 5.92 Å². The number of rotatable bonds is 4. The maximum absolute atomic E-state index is 10.5. The Hall–Kier alpha value is -1.05. The third-order valence-corrected chi connectivity index (χ3v) is 1.37. The lowest BCUT2D eigenvalue weighted by Crippen LogP contribution is -2.09. The molecule has 0 aliphatic heterocycles.